The second-order valence-corrected chi connectivity index (χ2v) is 7.05. The van der Waals surface area contributed by atoms with Gasteiger partial charge in [0.15, 0.2) is 0 Å². The van der Waals surface area contributed by atoms with Crippen LogP contribution in [0.5, 0.6) is 0 Å². The molecule has 2 saturated heterocycles. The summed E-state index contributed by atoms with van der Waals surface area (Å²) in [5, 5.41) is 2.20. The molecule has 0 unspecified atom stereocenters. The smallest absolute Gasteiger partial charge is 0.399 e. The van der Waals surface area contributed by atoms with Crippen LogP contribution in [0.4, 0.5) is 0 Å². The molecule has 0 aliphatic carbocycles. The van der Waals surface area contributed by atoms with Crippen LogP contribution in [0.25, 0.3) is 0 Å². The number of rotatable bonds is 2. The third kappa shape index (κ3) is 1.93. The lowest BCUT2D eigenvalue weighted by Crippen LogP contribution is -2.41. The molecule has 3 nitrogen and oxygen atoms in total. The molecule has 0 saturated carbocycles. The Bertz CT molecular complexity index is 435. The molecule has 3 rings (SSSR count). The Balaban J connectivity index is 1.78. The van der Waals surface area contributed by atoms with E-state index >= 15 is 0 Å². The molecule has 0 atom stereocenters. The number of ether oxygens (including phenoxy) is 1. The number of hydrogen-bond donors (Lipinski definition) is 0. The van der Waals surface area contributed by atoms with Gasteiger partial charge in [-0.2, -0.15) is 11.3 Å². The van der Waals surface area contributed by atoms with Crippen molar-refractivity contribution in [3.63, 3.8) is 0 Å². The van der Waals surface area contributed by atoms with Gasteiger partial charge in [0.25, 0.3) is 0 Å². The SMILES string of the molecule is CC1(C)OB(c2cc(C3COC3)cs2)OC1(C)C. The van der Waals surface area contributed by atoms with E-state index in [1.165, 1.54) is 5.56 Å². The Kier molecular flexibility index (Phi) is 2.86. The zero-order chi connectivity index (χ0) is 13.0. The highest BCUT2D eigenvalue weighted by Gasteiger charge is 2.52. The van der Waals surface area contributed by atoms with Crippen LogP contribution >= 0.6 is 11.3 Å². The molecule has 0 aromatic carbocycles. The third-order valence-electron chi connectivity index (χ3n) is 4.24. The molecule has 2 aliphatic heterocycles. The van der Waals surface area contributed by atoms with E-state index in [4.69, 9.17) is 14.0 Å². The van der Waals surface area contributed by atoms with Crippen molar-refractivity contribution < 1.29 is 14.0 Å². The topological polar surface area (TPSA) is 27.7 Å². The summed E-state index contributed by atoms with van der Waals surface area (Å²) in [5.74, 6) is 0.567. The molecule has 0 radical (unpaired) electrons. The first-order valence-corrected chi connectivity index (χ1v) is 7.29. The van der Waals surface area contributed by atoms with Gasteiger partial charge in [-0.3, -0.25) is 0 Å². The molecule has 1 aromatic rings. The van der Waals surface area contributed by atoms with Gasteiger partial charge in [0, 0.05) is 10.7 Å². The van der Waals surface area contributed by atoms with Crippen molar-refractivity contribution >= 4 is 23.2 Å². The summed E-state index contributed by atoms with van der Waals surface area (Å²) in [6.45, 7) is 10.0. The largest absolute Gasteiger partial charge is 0.505 e. The lowest BCUT2D eigenvalue weighted by molar-refractivity contribution is 0.00578. The standard InChI is InChI=1S/C13H19BO3S/c1-12(2)13(3,4)17-14(16-12)11-5-9(8-18-11)10-6-15-7-10/h5,8,10H,6-7H2,1-4H3. The quantitative estimate of drug-likeness (QED) is 0.768. The van der Waals surface area contributed by atoms with Crippen LogP contribution in [0.15, 0.2) is 11.4 Å². The van der Waals surface area contributed by atoms with Gasteiger partial charge in [-0.05, 0) is 44.7 Å². The monoisotopic (exact) mass is 266 g/mol. The summed E-state index contributed by atoms with van der Waals surface area (Å²) in [7, 11) is -0.227. The number of thiophene rings is 1. The molecule has 98 valence electrons. The zero-order valence-corrected chi connectivity index (χ0v) is 12.2. The highest BCUT2D eigenvalue weighted by atomic mass is 32.1. The van der Waals surface area contributed by atoms with Gasteiger partial charge in [0.2, 0.25) is 0 Å². The van der Waals surface area contributed by atoms with Gasteiger partial charge in [0.1, 0.15) is 0 Å². The molecular formula is C13H19BO3S. The minimum atomic E-state index is -0.262. The minimum absolute atomic E-state index is 0.227. The van der Waals surface area contributed by atoms with Crippen LogP contribution in [0.1, 0.15) is 39.2 Å². The van der Waals surface area contributed by atoms with Crippen LogP contribution < -0.4 is 4.78 Å². The first-order valence-electron chi connectivity index (χ1n) is 6.41. The van der Waals surface area contributed by atoms with E-state index in [0.29, 0.717) is 5.92 Å². The second-order valence-electron chi connectivity index (χ2n) is 6.11. The van der Waals surface area contributed by atoms with Crippen molar-refractivity contribution in [1.82, 2.24) is 0 Å². The molecular weight excluding hydrogens is 247 g/mol. The Morgan fingerprint density at radius 1 is 1.17 bits per heavy atom. The van der Waals surface area contributed by atoms with Crippen molar-refractivity contribution in [2.75, 3.05) is 13.2 Å². The molecule has 3 heterocycles. The Labute approximate surface area is 113 Å². The second kappa shape index (κ2) is 4.07. The van der Waals surface area contributed by atoms with E-state index in [1.807, 2.05) is 0 Å². The van der Waals surface area contributed by atoms with E-state index < -0.39 is 0 Å². The molecule has 2 fully saturated rings. The van der Waals surface area contributed by atoms with E-state index in [1.54, 1.807) is 11.3 Å². The Morgan fingerprint density at radius 2 is 1.78 bits per heavy atom. The summed E-state index contributed by atoms with van der Waals surface area (Å²) < 4.78 is 18.5. The van der Waals surface area contributed by atoms with Gasteiger partial charge in [-0.25, -0.2) is 0 Å². The molecule has 5 heteroatoms. The van der Waals surface area contributed by atoms with Crippen molar-refractivity contribution in [2.45, 2.75) is 44.8 Å². The van der Waals surface area contributed by atoms with Gasteiger partial charge >= 0.3 is 7.12 Å². The first kappa shape index (κ1) is 12.7. The maximum absolute atomic E-state index is 6.05. The molecule has 0 bridgehead atoms. The predicted octanol–water partition coefficient (Wildman–Crippen LogP) is 2.16. The van der Waals surface area contributed by atoms with Crippen molar-refractivity contribution in [3.8, 4) is 0 Å². The average Bonchev–Trinajstić information content (AvgIpc) is 2.68. The average molecular weight is 266 g/mol. The summed E-state index contributed by atoms with van der Waals surface area (Å²) in [6, 6.07) is 2.21. The molecule has 1 aromatic heterocycles. The van der Waals surface area contributed by atoms with Crippen LogP contribution in [0.2, 0.25) is 0 Å². The fraction of sp³-hybridized carbons (Fsp3) is 0.692. The van der Waals surface area contributed by atoms with Crippen LogP contribution in [0.3, 0.4) is 0 Å². The highest BCUT2D eigenvalue weighted by molar-refractivity contribution is 7.20. The van der Waals surface area contributed by atoms with E-state index in [-0.39, 0.29) is 18.3 Å². The highest BCUT2D eigenvalue weighted by Crippen LogP contribution is 2.37. The lowest BCUT2D eigenvalue weighted by Gasteiger charge is -2.32. The van der Waals surface area contributed by atoms with Gasteiger partial charge in [-0.15, -0.1) is 0 Å². The summed E-state index contributed by atoms with van der Waals surface area (Å²) in [6.07, 6.45) is 0. The molecule has 18 heavy (non-hydrogen) atoms. The Morgan fingerprint density at radius 3 is 2.28 bits per heavy atom. The van der Waals surface area contributed by atoms with Gasteiger partial charge in [-0.1, -0.05) is 0 Å². The maximum atomic E-state index is 6.05. The summed E-state index contributed by atoms with van der Waals surface area (Å²) in [5.41, 5.74) is 0.832. The molecule has 0 spiro atoms. The normalized spacial score (nSPS) is 26.3. The van der Waals surface area contributed by atoms with Gasteiger partial charge < -0.3 is 14.0 Å². The Hall–Kier alpha value is -0.355. The van der Waals surface area contributed by atoms with Crippen LogP contribution in [0, 0.1) is 0 Å². The van der Waals surface area contributed by atoms with Crippen LogP contribution in [-0.4, -0.2) is 31.5 Å². The molecule has 0 N–H and O–H groups in total. The summed E-state index contributed by atoms with van der Waals surface area (Å²) >= 11 is 1.72. The van der Waals surface area contributed by atoms with Crippen LogP contribution in [-0.2, 0) is 14.0 Å². The lowest BCUT2D eigenvalue weighted by atomic mass is 9.86. The molecule has 2 aliphatic rings. The predicted molar refractivity (Wildman–Crippen MR) is 73.6 cm³/mol. The zero-order valence-electron chi connectivity index (χ0n) is 11.4. The summed E-state index contributed by atoms with van der Waals surface area (Å²) in [4.78, 5) is 0. The van der Waals surface area contributed by atoms with Crippen molar-refractivity contribution in [3.05, 3.63) is 17.0 Å². The minimum Gasteiger partial charge on any atom is -0.399 e. The van der Waals surface area contributed by atoms with Crippen molar-refractivity contribution in [1.29, 1.82) is 0 Å². The van der Waals surface area contributed by atoms with Crippen molar-refractivity contribution in [2.24, 2.45) is 0 Å². The fourth-order valence-electron chi connectivity index (χ4n) is 2.09. The number of hydrogen-bond acceptors (Lipinski definition) is 4. The first-order chi connectivity index (χ1) is 8.39. The van der Waals surface area contributed by atoms with E-state index in [2.05, 4.69) is 39.1 Å². The fourth-order valence-corrected chi connectivity index (χ4v) is 3.04. The van der Waals surface area contributed by atoms with E-state index in [0.717, 1.165) is 18.0 Å². The maximum Gasteiger partial charge on any atom is 0.505 e. The third-order valence-corrected chi connectivity index (χ3v) is 5.21. The van der Waals surface area contributed by atoms with Gasteiger partial charge in [0.05, 0.1) is 24.4 Å². The molecule has 0 amide bonds. The van der Waals surface area contributed by atoms with E-state index in [9.17, 15) is 0 Å².